The van der Waals surface area contributed by atoms with Crippen LogP contribution >= 0.6 is 23.1 Å². The summed E-state index contributed by atoms with van der Waals surface area (Å²) < 4.78 is 4.77. The largest absolute Gasteiger partial charge is 0.465 e. The average Bonchev–Trinajstić information content (AvgIpc) is 3.04. The predicted octanol–water partition coefficient (Wildman–Crippen LogP) is 3.54. The molecule has 8 heteroatoms. The van der Waals surface area contributed by atoms with E-state index in [0.717, 1.165) is 21.9 Å². The van der Waals surface area contributed by atoms with Crippen molar-refractivity contribution in [2.24, 2.45) is 0 Å². The maximum Gasteiger partial charge on any atom is 0.340 e. The van der Waals surface area contributed by atoms with Gasteiger partial charge in [-0.1, -0.05) is 19.1 Å². The van der Waals surface area contributed by atoms with E-state index in [0.29, 0.717) is 10.6 Å². The van der Waals surface area contributed by atoms with Crippen molar-refractivity contribution in [1.82, 2.24) is 0 Å². The minimum atomic E-state index is -0.517. The van der Waals surface area contributed by atoms with Gasteiger partial charge in [0.05, 0.1) is 23.6 Å². The molecule has 0 saturated heterocycles. The summed E-state index contributed by atoms with van der Waals surface area (Å²) in [4.78, 5) is 38.5. The molecule has 1 aromatic carbocycles. The average molecular weight is 390 g/mol. The minimum Gasteiger partial charge on any atom is -0.465 e. The van der Waals surface area contributed by atoms with Gasteiger partial charge in [-0.2, -0.15) is 0 Å². The number of benzene rings is 1. The zero-order valence-corrected chi connectivity index (χ0v) is 16.0. The molecule has 2 aromatic rings. The molecule has 1 aliphatic heterocycles. The van der Waals surface area contributed by atoms with Crippen molar-refractivity contribution >= 4 is 51.6 Å². The van der Waals surface area contributed by atoms with Gasteiger partial charge in [-0.15, -0.1) is 23.1 Å². The van der Waals surface area contributed by atoms with Gasteiger partial charge in [-0.25, -0.2) is 4.79 Å². The van der Waals surface area contributed by atoms with Crippen LogP contribution in [0.5, 0.6) is 0 Å². The number of nitrogens with one attached hydrogen (secondary N) is 2. The molecular weight excluding hydrogens is 372 g/mol. The van der Waals surface area contributed by atoms with Crippen molar-refractivity contribution in [1.29, 1.82) is 0 Å². The van der Waals surface area contributed by atoms with E-state index < -0.39 is 11.2 Å². The normalized spacial score (nSPS) is 15.8. The Hall–Kier alpha value is -2.32. The van der Waals surface area contributed by atoms with Gasteiger partial charge in [-0.3, -0.25) is 9.59 Å². The molecule has 0 bridgehead atoms. The summed E-state index contributed by atoms with van der Waals surface area (Å²) in [5.41, 5.74) is 1.10. The molecule has 2 N–H and O–H groups in total. The van der Waals surface area contributed by atoms with Gasteiger partial charge in [-0.05, 0) is 24.6 Å². The van der Waals surface area contributed by atoms with Crippen LogP contribution in [0.2, 0.25) is 0 Å². The molecule has 1 aliphatic rings. The number of esters is 1. The second kappa shape index (κ2) is 7.92. The molecule has 1 aromatic heterocycles. The van der Waals surface area contributed by atoms with Crippen LogP contribution in [0.1, 0.15) is 28.6 Å². The van der Waals surface area contributed by atoms with Gasteiger partial charge in [0.25, 0.3) is 0 Å². The quantitative estimate of drug-likeness (QED) is 0.763. The third-order valence-electron chi connectivity index (χ3n) is 3.87. The highest BCUT2D eigenvalue weighted by atomic mass is 32.2. The maximum atomic E-state index is 12.4. The summed E-state index contributed by atoms with van der Waals surface area (Å²) in [6.07, 6.45) is 0.771. The molecule has 3 rings (SSSR count). The van der Waals surface area contributed by atoms with Crippen LogP contribution in [-0.4, -0.2) is 30.1 Å². The molecule has 1 atom stereocenters. The third kappa shape index (κ3) is 3.91. The van der Waals surface area contributed by atoms with E-state index in [4.69, 9.17) is 4.74 Å². The second-order valence-corrected chi connectivity index (χ2v) is 8.03. The van der Waals surface area contributed by atoms with Crippen LogP contribution in [0.4, 0.5) is 10.7 Å². The summed E-state index contributed by atoms with van der Waals surface area (Å²) >= 11 is 2.71. The number of hydrogen-bond acceptors (Lipinski definition) is 6. The third-order valence-corrected chi connectivity index (χ3v) is 6.34. The number of carbonyl (C=O) groups excluding carboxylic acids is 3. The fourth-order valence-electron chi connectivity index (χ4n) is 2.54. The zero-order valence-electron chi connectivity index (χ0n) is 14.3. The van der Waals surface area contributed by atoms with Crippen LogP contribution in [0, 0.1) is 0 Å². The molecule has 0 fully saturated rings. The highest BCUT2D eigenvalue weighted by molar-refractivity contribution is 8.01. The first-order valence-corrected chi connectivity index (χ1v) is 9.78. The van der Waals surface area contributed by atoms with E-state index in [-0.39, 0.29) is 18.2 Å². The number of thioether (sulfide) groups is 1. The number of fused-ring (bicyclic) bond motifs is 1. The van der Waals surface area contributed by atoms with E-state index in [9.17, 15) is 14.4 Å². The number of anilines is 2. The minimum absolute atomic E-state index is 0.0187. The van der Waals surface area contributed by atoms with E-state index in [1.54, 1.807) is 6.07 Å². The number of thiophene rings is 1. The van der Waals surface area contributed by atoms with Crippen LogP contribution < -0.4 is 10.6 Å². The molecule has 26 heavy (non-hydrogen) atoms. The number of amides is 2. The lowest BCUT2D eigenvalue weighted by Crippen LogP contribution is -2.32. The van der Waals surface area contributed by atoms with Gasteiger partial charge >= 0.3 is 5.97 Å². The van der Waals surface area contributed by atoms with Crippen molar-refractivity contribution < 1.29 is 19.1 Å². The molecule has 6 nitrogen and oxygen atoms in total. The van der Waals surface area contributed by atoms with E-state index >= 15 is 0 Å². The first kappa shape index (κ1) is 18.5. The van der Waals surface area contributed by atoms with Crippen molar-refractivity contribution in [3.63, 3.8) is 0 Å². The Labute approximate surface area is 159 Å². The number of para-hydroxylation sites is 1. The number of carbonyl (C=O) groups is 3. The Morgan fingerprint density at radius 1 is 1.31 bits per heavy atom. The summed E-state index contributed by atoms with van der Waals surface area (Å²) in [6, 6.07) is 9.21. The van der Waals surface area contributed by atoms with Gasteiger partial charge < -0.3 is 15.4 Å². The Morgan fingerprint density at radius 2 is 2.08 bits per heavy atom. The van der Waals surface area contributed by atoms with Crippen molar-refractivity contribution in [3.05, 3.63) is 40.8 Å². The lowest BCUT2D eigenvalue weighted by atomic mass is 10.2. The predicted molar refractivity (Wildman–Crippen MR) is 103 cm³/mol. The molecule has 0 aliphatic carbocycles. The van der Waals surface area contributed by atoms with Gasteiger partial charge in [0.1, 0.15) is 5.00 Å². The Morgan fingerprint density at radius 3 is 2.81 bits per heavy atom. The first-order valence-electron chi connectivity index (χ1n) is 8.09. The molecular formula is C18H18N2O4S2. The Balaban J connectivity index is 1.71. The fourth-order valence-corrected chi connectivity index (χ4v) is 4.65. The molecule has 136 valence electrons. The molecule has 1 unspecified atom stereocenters. The van der Waals surface area contributed by atoms with Crippen molar-refractivity contribution in [2.45, 2.75) is 29.9 Å². The number of rotatable bonds is 5. The van der Waals surface area contributed by atoms with Gasteiger partial charge in [0.15, 0.2) is 0 Å². The SMILES string of the molecule is CCc1cc(C(=O)OC)c(NC(=O)CC2Sc3ccccc3NC2=O)s1. The number of ether oxygens (including phenoxy) is 1. The summed E-state index contributed by atoms with van der Waals surface area (Å²) in [5.74, 6) is -1.00. The number of methoxy groups -OCH3 is 1. The maximum absolute atomic E-state index is 12.4. The fraction of sp³-hybridized carbons (Fsp3) is 0.278. The highest BCUT2D eigenvalue weighted by Gasteiger charge is 2.29. The number of hydrogen-bond donors (Lipinski definition) is 2. The van der Waals surface area contributed by atoms with Crippen molar-refractivity contribution in [3.8, 4) is 0 Å². The van der Waals surface area contributed by atoms with Crippen LogP contribution in [0.15, 0.2) is 35.2 Å². The molecule has 0 saturated carbocycles. The molecule has 0 spiro atoms. The van der Waals surface area contributed by atoms with Crippen LogP contribution in [0.25, 0.3) is 0 Å². The topological polar surface area (TPSA) is 84.5 Å². The summed E-state index contributed by atoms with van der Waals surface area (Å²) in [6.45, 7) is 1.97. The standard InChI is InChI=1S/C18H18N2O4S2/c1-3-10-8-11(18(23)24-2)17(25-10)20-15(21)9-14-16(22)19-12-6-4-5-7-13(12)26-14/h4-8,14H,3,9H2,1-2H3,(H,19,22)(H,20,21). The second-order valence-electron chi connectivity index (χ2n) is 5.64. The molecule has 0 radical (unpaired) electrons. The smallest absolute Gasteiger partial charge is 0.340 e. The van der Waals surface area contributed by atoms with E-state index in [2.05, 4.69) is 10.6 Å². The first-order chi connectivity index (χ1) is 12.5. The van der Waals surface area contributed by atoms with Crippen LogP contribution in [0.3, 0.4) is 0 Å². The highest BCUT2D eigenvalue weighted by Crippen LogP contribution is 2.37. The van der Waals surface area contributed by atoms with Crippen LogP contribution in [-0.2, 0) is 20.7 Å². The zero-order chi connectivity index (χ0) is 18.7. The van der Waals surface area contributed by atoms with Crippen molar-refractivity contribution in [2.75, 3.05) is 17.7 Å². The summed E-state index contributed by atoms with van der Waals surface area (Å²) in [5, 5.41) is 5.52. The van der Waals surface area contributed by atoms with Gasteiger partial charge in [0, 0.05) is 16.2 Å². The van der Waals surface area contributed by atoms with E-state index in [1.165, 1.54) is 30.2 Å². The monoisotopic (exact) mass is 390 g/mol. The lowest BCUT2D eigenvalue weighted by Gasteiger charge is -2.23. The summed E-state index contributed by atoms with van der Waals surface area (Å²) in [7, 11) is 1.30. The van der Waals surface area contributed by atoms with E-state index in [1.807, 2.05) is 31.2 Å². The lowest BCUT2D eigenvalue weighted by molar-refractivity contribution is -0.120. The van der Waals surface area contributed by atoms with Gasteiger partial charge in [0.2, 0.25) is 11.8 Å². The molecule has 2 heterocycles. The number of aryl methyl sites for hydroxylation is 1. The molecule has 2 amide bonds. The Kier molecular flexibility index (Phi) is 5.63. The Bertz CT molecular complexity index is 863.